The molecule has 17 heavy (non-hydrogen) atoms. The quantitative estimate of drug-likeness (QED) is 0.844. The van der Waals surface area contributed by atoms with Gasteiger partial charge in [0.1, 0.15) is 11.3 Å². The van der Waals surface area contributed by atoms with E-state index in [4.69, 9.17) is 5.11 Å². The van der Waals surface area contributed by atoms with E-state index in [0.717, 1.165) is 11.1 Å². The molecular weight excluding hydrogens is 220 g/mol. The molecule has 5 heteroatoms. The Morgan fingerprint density at radius 3 is 2.88 bits per heavy atom. The Kier molecular flexibility index (Phi) is 2.75. The molecule has 2 N–H and O–H groups in total. The second-order valence-electron chi connectivity index (χ2n) is 4.19. The fourth-order valence-electron chi connectivity index (χ4n) is 1.87. The molecule has 0 amide bonds. The molecule has 2 rings (SSSR count). The molecule has 0 saturated carbocycles. The summed E-state index contributed by atoms with van der Waals surface area (Å²) in [6.45, 7) is 1.66. The van der Waals surface area contributed by atoms with Crippen molar-refractivity contribution < 1.29 is 15.0 Å². The number of nitrogens with zero attached hydrogens (tertiary/aromatic N) is 2. The van der Waals surface area contributed by atoms with Crippen LogP contribution in [0.25, 0.3) is 10.9 Å². The molecule has 1 atom stereocenters. The van der Waals surface area contributed by atoms with Crippen molar-refractivity contribution in [2.24, 2.45) is 13.0 Å². The Labute approximate surface area is 98.3 Å². The highest BCUT2D eigenvalue weighted by molar-refractivity contribution is 5.87. The molecule has 0 fully saturated rings. The number of aromatic nitrogens is 2. The zero-order valence-electron chi connectivity index (χ0n) is 9.71. The molecule has 1 aromatic carbocycles. The zero-order valence-corrected chi connectivity index (χ0v) is 9.71. The summed E-state index contributed by atoms with van der Waals surface area (Å²) >= 11 is 0. The average molecular weight is 234 g/mol. The van der Waals surface area contributed by atoms with E-state index in [1.807, 2.05) is 6.07 Å². The van der Waals surface area contributed by atoms with Crippen LogP contribution >= 0.6 is 0 Å². The first-order valence-electron chi connectivity index (χ1n) is 5.37. The number of aromatic hydroxyl groups is 1. The number of carbonyl (C=O) groups is 1. The predicted molar refractivity (Wildman–Crippen MR) is 62.9 cm³/mol. The van der Waals surface area contributed by atoms with Crippen molar-refractivity contribution in [1.82, 2.24) is 9.78 Å². The SMILES string of the molecule is CC(Cc1c2cccc(O)c2nn1C)C(=O)O. The van der Waals surface area contributed by atoms with Crippen LogP contribution in [0, 0.1) is 5.92 Å². The van der Waals surface area contributed by atoms with Crippen LogP contribution in [-0.4, -0.2) is 26.0 Å². The largest absolute Gasteiger partial charge is 0.506 e. The highest BCUT2D eigenvalue weighted by atomic mass is 16.4. The first kappa shape index (κ1) is 11.4. The molecule has 0 aliphatic heterocycles. The Balaban J connectivity index is 2.50. The van der Waals surface area contributed by atoms with Crippen LogP contribution in [0.5, 0.6) is 5.75 Å². The highest BCUT2D eigenvalue weighted by Crippen LogP contribution is 2.27. The number of phenols is 1. The molecule has 90 valence electrons. The lowest BCUT2D eigenvalue weighted by atomic mass is 10.0. The van der Waals surface area contributed by atoms with Gasteiger partial charge in [-0.25, -0.2) is 0 Å². The first-order valence-corrected chi connectivity index (χ1v) is 5.37. The van der Waals surface area contributed by atoms with Gasteiger partial charge in [0.2, 0.25) is 0 Å². The van der Waals surface area contributed by atoms with Crippen LogP contribution < -0.4 is 0 Å². The molecule has 0 aliphatic rings. The van der Waals surface area contributed by atoms with Gasteiger partial charge in [0.15, 0.2) is 0 Å². The third-order valence-corrected chi connectivity index (χ3v) is 2.89. The summed E-state index contributed by atoms with van der Waals surface area (Å²) in [6, 6.07) is 5.14. The zero-order chi connectivity index (χ0) is 12.6. The lowest BCUT2D eigenvalue weighted by Gasteiger charge is -2.06. The minimum Gasteiger partial charge on any atom is -0.506 e. The van der Waals surface area contributed by atoms with Gasteiger partial charge in [0.05, 0.1) is 5.92 Å². The fourth-order valence-corrected chi connectivity index (χ4v) is 1.87. The van der Waals surface area contributed by atoms with Gasteiger partial charge in [-0.05, 0) is 6.07 Å². The first-order chi connectivity index (χ1) is 8.00. The molecule has 1 heterocycles. The minimum atomic E-state index is -0.834. The third kappa shape index (κ3) is 1.95. The highest BCUT2D eigenvalue weighted by Gasteiger charge is 2.18. The summed E-state index contributed by atoms with van der Waals surface area (Å²) in [6.07, 6.45) is 0.395. The number of hydrogen-bond acceptors (Lipinski definition) is 3. The lowest BCUT2D eigenvalue weighted by molar-refractivity contribution is -0.141. The monoisotopic (exact) mass is 234 g/mol. The van der Waals surface area contributed by atoms with Gasteiger partial charge in [-0.3, -0.25) is 9.48 Å². The Morgan fingerprint density at radius 1 is 1.53 bits per heavy atom. The Hall–Kier alpha value is -2.04. The summed E-state index contributed by atoms with van der Waals surface area (Å²) in [4.78, 5) is 10.9. The smallest absolute Gasteiger partial charge is 0.306 e. The van der Waals surface area contributed by atoms with E-state index in [1.54, 1.807) is 30.8 Å². The van der Waals surface area contributed by atoms with Crippen LogP contribution in [0.2, 0.25) is 0 Å². The van der Waals surface area contributed by atoms with Crippen molar-refractivity contribution in [2.75, 3.05) is 0 Å². The number of aliphatic carboxylic acids is 1. The number of carboxylic acids is 1. The van der Waals surface area contributed by atoms with Gasteiger partial charge in [-0.1, -0.05) is 19.1 Å². The number of fused-ring (bicyclic) bond motifs is 1. The summed E-state index contributed by atoms with van der Waals surface area (Å²) in [5.74, 6) is -1.19. The predicted octanol–water partition coefficient (Wildman–Crippen LogP) is 1.54. The van der Waals surface area contributed by atoms with Gasteiger partial charge in [0, 0.05) is 24.5 Å². The van der Waals surface area contributed by atoms with E-state index in [9.17, 15) is 9.90 Å². The van der Waals surface area contributed by atoms with E-state index in [1.165, 1.54) is 0 Å². The molecule has 0 aliphatic carbocycles. The van der Waals surface area contributed by atoms with Crippen molar-refractivity contribution in [2.45, 2.75) is 13.3 Å². The molecular formula is C12H14N2O3. The number of phenolic OH excluding ortho intramolecular Hbond substituents is 1. The molecule has 0 spiro atoms. The normalized spacial score (nSPS) is 12.8. The van der Waals surface area contributed by atoms with Gasteiger partial charge < -0.3 is 10.2 Å². The molecule has 0 radical (unpaired) electrons. The van der Waals surface area contributed by atoms with Crippen molar-refractivity contribution >= 4 is 16.9 Å². The van der Waals surface area contributed by atoms with Gasteiger partial charge in [-0.2, -0.15) is 5.10 Å². The topological polar surface area (TPSA) is 75.4 Å². The lowest BCUT2D eigenvalue weighted by Crippen LogP contribution is -2.14. The number of rotatable bonds is 3. The maximum absolute atomic E-state index is 10.9. The molecule has 2 aromatic rings. The number of aryl methyl sites for hydroxylation is 1. The molecule has 5 nitrogen and oxygen atoms in total. The summed E-state index contributed by atoms with van der Waals surface area (Å²) < 4.78 is 1.63. The van der Waals surface area contributed by atoms with Crippen molar-refractivity contribution in [3.63, 3.8) is 0 Å². The second-order valence-corrected chi connectivity index (χ2v) is 4.19. The number of hydrogen-bond donors (Lipinski definition) is 2. The van der Waals surface area contributed by atoms with E-state index in [0.29, 0.717) is 11.9 Å². The summed E-state index contributed by atoms with van der Waals surface area (Å²) in [7, 11) is 1.75. The van der Waals surface area contributed by atoms with Crippen LogP contribution in [0.3, 0.4) is 0 Å². The second kappa shape index (κ2) is 4.08. The summed E-state index contributed by atoms with van der Waals surface area (Å²) in [5, 5.41) is 23.6. The molecule has 1 unspecified atom stereocenters. The van der Waals surface area contributed by atoms with Crippen LogP contribution in [-0.2, 0) is 18.3 Å². The van der Waals surface area contributed by atoms with Crippen molar-refractivity contribution in [3.8, 4) is 5.75 Å². The number of carboxylic acid groups (broad SMARTS) is 1. The van der Waals surface area contributed by atoms with E-state index in [-0.39, 0.29) is 5.75 Å². The van der Waals surface area contributed by atoms with Gasteiger partial charge >= 0.3 is 5.97 Å². The Morgan fingerprint density at radius 2 is 2.24 bits per heavy atom. The standard InChI is InChI=1S/C12H14N2O3/c1-7(12(16)17)6-9-8-4-3-5-10(15)11(8)13-14(9)2/h3-5,7,15H,6H2,1-2H3,(H,16,17). The average Bonchev–Trinajstić information content (AvgIpc) is 2.58. The van der Waals surface area contributed by atoms with Crippen molar-refractivity contribution in [3.05, 3.63) is 23.9 Å². The molecule has 0 bridgehead atoms. The van der Waals surface area contributed by atoms with Gasteiger partial charge in [0.25, 0.3) is 0 Å². The van der Waals surface area contributed by atoms with E-state index >= 15 is 0 Å². The fraction of sp³-hybridized carbons (Fsp3) is 0.333. The summed E-state index contributed by atoms with van der Waals surface area (Å²) in [5.41, 5.74) is 1.34. The Bertz CT molecular complexity index is 574. The van der Waals surface area contributed by atoms with Crippen LogP contribution in [0.15, 0.2) is 18.2 Å². The molecule has 1 aromatic heterocycles. The molecule has 0 saturated heterocycles. The van der Waals surface area contributed by atoms with E-state index in [2.05, 4.69) is 5.10 Å². The maximum atomic E-state index is 10.9. The third-order valence-electron chi connectivity index (χ3n) is 2.89. The minimum absolute atomic E-state index is 0.118. The van der Waals surface area contributed by atoms with Crippen LogP contribution in [0.1, 0.15) is 12.6 Å². The van der Waals surface area contributed by atoms with Crippen LogP contribution in [0.4, 0.5) is 0 Å². The maximum Gasteiger partial charge on any atom is 0.306 e. The van der Waals surface area contributed by atoms with Crippen molar-refractivity contribution in [1.29, 1.82) is 0 Å². The number of benzene rings is 1. The van der Waals surface area contributed by atoms with E-state index < -0.39 is 11.9 Å². The van der Waals surface area contributed by atoms with Gasteiger partial charge in [-0.15, -0.1) is 0 Å².